The van der Waals surface area contributed by atoms with Gasteiger partial charge in [0.1, 0.15) is 0 Å². The Morgan fingerprint density at radius 2 is 2.05 bits per heavy atom. The number of fused-ring (bicyclic) bond motifs is 3. The van der Waals surface area contributed by atoms with Gasteiger partial charge in [-0.15, -0.1) is 12.4 Å². The van der Waals surface area contributed by atoms with E-state index < -0.39 is 0 Å². The van der Waals surface area contributed by atoms with E-state index in [0.29, 0.717) is 5.41 Å². The van der Waals surface area contributed by atoms with Gasteiger partial charge >= 0.3 is 0 Å². The molecule has 2 nitrogen and oxygen atoms in total. The number of nitrogens with one attached hydrogen (secondary N) is 1. The van der Waals surface area contributed by atoms with E-state index in [1.807, 2.05) is 0 Å². The first-order valence-electron chi connectivity index (χ1n) is 7.96. The van der Waals surface area contributed by atoms with E-state index in [0.717, 1.165) is 13.1 Å². The zero-order chi connectivity index (χ0) is 14.2. The quantitative estimate of drug-likeness (QED) is 0.892. The standard InChI is InChI=1S/C18H26N2.ClH/c1-4-20-16-10-6-5-8-14(16)15-9-7-11-18(2,17(15)20)12-13-19-3;/h5-6,8,10,19H,4,7,9,11-13H2,1-3H3;1H. The predicted octanol–water partition coefficient (Wildman–Crippen LogP) is 4.29. The minimum absolute atomic E-state index is 0. The van der Waals surface area contributed by atoms with E-state index >= 15 is 0 Å². The summed E-state index contributed by atoms with van der Waals surface area (Å²) in [7, 11) is 2.06. The molecule has 0 saturated carbocycles. The molecule has 0 aliphatic heterocycles. The smallest absolute Gasteiger partial charge is 0.0485 e. The third kappa shape index (κ3) is 2.60. The van der Waals surface area contributed by atoms with Crippen LogP contribution in [0.4, 0.5) is 0 Å². The fourth-order valence-corrected chi connectivity index (χ4v) is 4.06. The van der Waals surface area contributed by atoms with Gasteiger partial charge in [-0.3, -0.25) is 0 Å². The Bertz CT molecular complexity index is 584. The molecule has 0 radical (unpaired) electrons. The summed E-state index contributed by atoms with van der Waals surface area (Å²) in [4.78, 5) is 0. The number of hydrogen-bond acceptors (Lipinski definition) is 1. The Balaban J connectivity index is 0.00000161. The molecule has 0 spiro atoms. The molecule has 2 aromatic rings. The van der Waals surface area contributed by atoms with Crippen LogP contribution in [-0.4, -0.2) is 18.2 Å². The highest BCUT2D eigenvalue weighted by molar-refractivity contribution is 5.86. The second-order valence-corrected chi connectivity index (χ2v) is 6.36. The van der Waals surface area contributed by atoms with Gasteiger partial charge in [-0.1, -0.05) is 25.1 Å². The Morgan fingerprint density at radius 1 is 1.29 bits per heavy atom. The van der Waals surface area contributed by atoms with Crippen LogP contribution in [0, 0.1) is 0 Å². The van der Waals surface area contributed by atoms with Crippen LogP contribution >= 0.6 is 12.4 Å². The van der Waals surface area contributed by atoms with Gasteiger partial charge in [-0.25, -0.2) is 0 Å². The van der Waals surface area contributed by atoms with E-state index in [-0.39, 0.29) is 12.4 Å². The lowest BCUT2D eigenvalue weighted by molar-refractivity contribution is 0.342. The van der Waals surface area contributed by atoms with Gasteiger partial charge in [0.2, 0.25) is 0 Å². The minimum atomic E-state index is 0. The number of benzene rings is 1. The number of hydrogen-bond donors (Lipinski definition) is 1. The summed E-state index contributed by atoms with van der Waals surface area (Å²) in [6, 6.07) is 8.95. The molecule has 1 heterocycles. The molecule has 0 bridgehead atoms. The summed E-state index contributed by atoms with van der Waals surface area (Å²) in [6.45, 7) is 6.92. The van der Waals surface area contributed by atoms with Crippen molar-refractivity contribution in [3.05, 3.63) is 35.5 Å². The molecule has 1 aromatic carbocycles. The lowest BCUT2D eigenvalue weighted by atomic mass is 9.72. The van der Waals surface area contributed by atoms with Crippen molar-refractivity contribution in [1.82, 2.24) is 9.88 Å². The molecule has 3 heteroatoms. The fraction of sp³-hybridized carbons (Fsp3) is 0.556. The van der Waals surface area contributed by atoms with Crippen LogP contribution < -0.4 is 5.32 Å². The van der Waals surface area contributed by atoms with Crippen molar-refractivity contribution >= 4 is 23.3 Å². The first-order valence-corrected chi connectivity index (χ1v) is 7.96. The molecule has 0 fully saturated rings. The molecule has 3 rings (SSSR count). The van der Waals surface area contributed by atoms with Crippen LogP contribution in [0.1, 0.15) is 44.4 Å². The summed E-state index contributed by atoms with van der Waals surface area (Å²) < 4.78 is 2.57. The second-order valence-electron chi connectivity index (χ2n) is 6.36. The molecule has 1 atom stereocenters. The highest BCUT2D eigenvalue weighted by Gasteiger charge is 2.36. The molecule has 116 valence electrons. The summed E-state index contributed by atoms with van der Waals surface area (Å²) in [6.07, 6.45) is 5.12. The lowest BCUT2D eigenvalue weighted by Crippen LogP contribution is -2.33. The highest BCUT2D eigenvalue weighted by Crippen LogP contribution is 2.44. The first kappa shape index (κ1) is 16.4. The number of halogens is 1. The maximum atomic E-state index is 3.33. The third-order valence-electron chi connectivity index (χ3n) is 5.05. The van der Waals surface area contributed by atoms with Crippen molar-refractivity contribution in [1.29, 1.82) is 0 Å². The second kappa shape index (κ2) is 6.41. The van der Waals surface area contributed by atoms with Gasteiger partial charge in [0.25, 0.3) is 0 Å². The number of rotatable bonds is 4. The number of nitrogens with zero attached hydrogens (tertiary/aromatic N) is 1. The third-order valence-corrected chi connectivity index (χ3v) is 5.05. The molecule has 1 aliphatic rings. The molecule has 0 saturated heterocycles. The van der Waals surface area contributed by atoms with Crippen molar-refractivity contribution in [3.63, 3.8) is 0 Å². The minimum Gasteiger partial charge on any atom is -0.344 e. The van der Waals surface area contributed by atoms with Crippen molar-refractivity contribution in [2.45, 2.75) is 51.5 Å². The molecule has 1 unspecified atom stereocenters. The largest absolute Gasteiger partial charge is 0.344 e. The Hall–Kier alpha value is -0.990. The van der Waals surface area contributed by atoms with Crippen LogP contribution in [0.15, 0.2) is 24.3 Å². The van der Waals surface area contributed by atoms with Crippen molar-refractivity contribution in [3.8, 4) is 0 Å². The summed E-state index contributed by atoms with van der Waals surface area (Å²) in [5.41, 5.74) is 4.98. The van der Waals surface area contributed by atoms with E-state index in [1.165, 1.54) is 36.6 Å². The SMILES string of the molecule is CCn1c2c(c3ccccc31)CCCC2(C)CCNC.Cl. The molecule has 21 heavy (non-hydrogen) atoms. The molecule has 0 amide bonds. The van der Waals surface area contributed by atoms with E-state index in [9.17, 15) is 0 Å². The highest BCUT2D eigenvalue weighted by atomic mass is 35.5. The maximum absolute atomic E-state index is 3.33. The summed E-state index contributed by atoms with van der Waals surface area (Å²) in [5.74, 6) is 0. The van der Waals surface area contributed by atoms with Crippen LogP contribution in [0.25, 0.3) is 10.9 Å². The van der Waals surface area contributed by atoms with Crippen LogP contribution in [0.5, 0.6) is 0 Å². The molecule has 1 N–H and O–H groups in total. The van der Waals surface area contributed by atoms with Gasteiger partial charge in [0, 0.05) is 28.6 Å². The molecular weight excluding hydrogens is 280 g/mol. The van der Waals surface area contributed by atoms with Crippen molar-refractivity contribution < 1.29 is 0 Å². The van der Waals surface area contributed by atoms with Crippen molar-refractivity contribution in [2.75, 3.05) is 13.6 Å². The Labute approximate surface area is 134 Å². The molecular formula is C18H27ClN2. The maximum Gasteiger partial charge on any atom is 0.0485 e. The normalized spacial score (nSPS) is 21.1. The zero-order valence-corrected chi connectivity index (χ0v) is 14.2. The average molecular weight is 307 g/mol. The van der Waals surface area contributed by atoms with E-state index in [2.05, 4.69) is 55.0 Å². The number of para-hydroxylation sites is 1. The number of aromatic nitrogens is 1. The van der Waals surface area contributed by atoms with Crippen LogP contribution in [0.2, 0.25) is 0 Å². The van der Waals surface area contributed by atoms with Crippen LogP contribution in [0.3, 0.4) is 0 Å². The molecule has 1 aromatic heterocycles. The van der Waals surface area contributed by atoms with E-state index in [4.69, 9.17) is 0 Å². The molecule has 1 aliphatic carbocycles. The van der Waals surface area contributed by atoms with E-state index in [1.54, 1.807) is 11.3 Å². The topological polar surface area (TPSA) is 17.0 Å². The average Bonchev–Trinajstić information content (AvgIpc) is 2.81. The van der Waals surface area contributed by atoms with Crippen LogP contribution in [-0.2, 0) is 18.4 Å². The lowest BCUT2D eigenvalue weighted by Gasteiger charge is -2.36. The monoisotopic (exact) mass is 306 g/mol. The first-order chi connectivity index (χ1) is 9.71. The zero-order valence-electron chi connectivity index (χ0n) is 13.4. The Kier molecular flexibility index (Phi) is 5.00. The van der Waals surface area contributed by atoms with Gasteiger partial charge in [-0.05, 0) is 57.8 Å². The van der Waals surface area contributed by atoms with Gasteiger partial charge in [-0.2, -0.15) is 0 Å². The summed E-state index contributed by atoms with van der Waals surface area (Å²) in [5, 5.41) is 4.82. The van der Waals surface area contributed by atoms with Gasteiger partial charge < -0.3 is 9.88 Å². The fourth-order valence-electron chi connectivity index (χ4n) is 4.06. The number of aryl methyl sites for hydroxylation is 2. The van der Waals surface area contributed by atoms with Gasteiger partial charge in [0.15, 0.2) is 0 Å². The summed E-state index contributed by atoms with van der Waals surface area (Å²) >= 11 is 0. The van der Waals surface area contributed by atoms with Gasteiger partial charge in [0.05, 0.1) is 0 Å². The predicted molar refractivity (Wildman–Crippen MR) is 93.7 cm³/mol. The Morgan fingerprint density at radius 3 is 2.76 bits per heavy atom. The van der Waals surface area contributed by atoms with Crippen molar-refractivity contribution in [2.24, 2.45) is 0 Å².